The van der Waals surface area contributed by atoms with Gasteiger partial charge in [0.1, 0.15) is 8.31 Å². The minimum absolute atomic E-state index is 0.522. The van der Waals surface area contributed by atoms with Gasteiger partial charge in [0.2, 0.25) is 0 Å². The Labute approximate surface area is 110 Å². The van der Waals surface area contributed by atoms with Crippen LogP contribution >= 0.6 is 0 Å². The standard InChI is InChI=1S/C14H15Si3/c1-2-15-16-17(13-9-5-3-6-10-13)14-11-7-4-8-12-14/h3-12H,2H2,1H3. The molecule has 0 heterocycles. The van der Waals surface area contributed by atoms with Gasteiger partial charge in [-0.1, -0.05) is 84.0 Å². The van der Waals surface area contributed by atoms with Gasteiger partial charge in [-0.25, -0.2) is 0 Å². The van der Waals surface area contributed by atoms with Crippen molar-refractivity contribution in [2.45, 2.75) is 13.0 Å². The first-order valence-electron chi connectivity index (χ1n) is 5.88. The Morgan fingerprint density at radius 1 is 0.824 bits per heavy atom. The summed E-state index contributed by atoms with van der Waals surface area (Å²) in [6.07, 6.45) is 0. The highest BCUT2D eigenvalue weighted by molar-refractivity contribution is 7.43. The molecule has 0 saturated heterocycles. The van der Waals surface area contributed by atoms with Crippen molar-refractivity contribution in [2.75, 3.05) is 0 Å². The number of benzene rings is 2. The van der Waals surface area contributed by atoms with E-state index in [2.05, 4.69) is 67.6 Å². The van der Waals surface area contributed by atoms with Crippen LogP contribution < -0.4 is 10.4 Å². The van der Waals surface area contributed by atoms with Gasteiger partial charge in [-0.2, -0.15) is 0 Å². The molecule has 0 bridgehead atoms. The summed E-state index contributed by atoms with van der Waals surface area (Å²) in [5.41, 5.74) is 0. The minimum atomic E-state index is -0.522. The van der Waals surface area contributed by atoms with Gasteiger partial charge in [-0.05, 0) is 0 Å². The van der Waals surface area contributed by atoms with Gasteiger partial charge in [0, 0.05) is 17.6 Å². The zero-order chi connectivity index (χ0) is 11.9. The maximum absolute atomic E-state index is 2.30. The SMILES string of the molecule is CC[Si][Si][Si](c1ccccc1)c1ccccc1. The summed E-state index contributed by atoms with van der Waals surface area (Å²) in [4.78, 5) is 0. The van der Waals surface area contributed by atoms with Crippen LogP contribution in [0.4, 0.5) is 0 Å². The van der Waals surface area contributed by atoms with Crippen LogP contribution in [0.1, 0.15) is 6.92 Å². The Balaban J connectivity index is 2.26. The van der Waals surface area contributed by atoms with E-state index in [0.717, 1.165) is 17.6 Å². The van der Waals surface area contributed by atoms with Crippen molar-refractivity contribution >= 4 is 36.3 Å². The molecule has 0 saturated carbocycles. The molecule has 83 valence electrons. The molecular formula is C14H15Si3. The molecule has 0 fully saturated rings. The molecular weight excluding hydrogens is 252 g/mol. The van der Waals surface area contributed by atoms with Gasteiger partial charge >= 0.3 is 0 Å². The first-order valence-corrected chi connectivity index (χ1v) is 11.6. The fourth-order valence-corrected chi connectivity index (χ4v) is 12.4. The van der Waals surface area contributed by atoms with E-state index in [0.29, 0.717) is 0 Å². The van der Waals surface area contributed by atoms with Gasteiger partial charge < -0.3 is 0 Å². The number of rotatable bonds is 5. The van der Waals surface area contributed by atoms with Crippen molar-refractivity contribution in [1.82, 2.24) is 0 Å². The lowest BCUT2D eigenvalue weighted by Crippen LogP contribution is -2.49. The lowest BCUT2D eigenvalue weighted by Gasteiger charge is -2.14. The van der Waals surface area contributed by atoms with E-state index < -0.39 is 8.31 Å². The summed E-state index contributed by atoms with van der Waals surface area (Å²) in [6.45, 7) is 2.29. The first kappa shape index (κ1) is 12.5. The molecule has 3 heteroatoms. The summed E-state index contributed by atoms with van der Waals surface area (Å²) in [6, 6.07) is 23.4. The molecule has 0 aliphatic rings. The summed E-state index contributed by atoms with van der Waals surface area (Å²) in [5.74, 6) is 0. The van der Waals surface area contributed by atoms with Crippen LogP contribution in [-0.2, 0) is 0 Å². The van der Waals surface area contributed by atoms with Crippen LogP contribution in [-0.4, -0.2) is 25.9 Å². The van der Waals surface area contributed by atoms with Crippen molar-refractivity contribution in [3.05, 3.63) is 60.7 Å². The van der Waals surface area contributed by atoms with Crippen molar-refractivity contribution in [3.8, 4) is 0 Å². The predicted octanol–water partition coefficient (Wildman–Crippen LogP) is 1.55. The van der Waals surface area contributed by atoms with E-state index in [1.54, 1.807) is 10.4 Å². The highest BCUT2D eigenvalue weighted by atomic mass is 29.5. The Morgan fingerprint density at radius 3 is 1.71 bits per heavy atom. The van der Waals surface area contributed by atoms with E-state index >= 15 is 0 Å². The molecule has 0 spiro atoms. The summed E-state index contributed by atoms with van der Waals surface area (Å²) in [7, 11) is 1.70. The average molecular weight is 268 g/mol. The van der Waals surface area contributed by atoms with Crippen LogP contribution in [0.2, 0.25) is 6.04 Å². The third-order valence-electron chi connectivity index (χ3n) is 2.52. The molecule has 0 N–H and O–H groups in total. The summed E-state index contributed by atoms with van der Waals surface area (Å²) < 4.78 is 0. The van der Waals surface area contributed by atoms with Gasteiger partial charge in [0.05, 0.1) is 0 Å². The maximum atomic E-state index is 2.30. The van der Waals surface area contributed by atoms with E-state index in [4.69, 9.17) is 0 Å². The van der Waals surface area contributed by atoms with Crippen LogP contribution in [0.3, 0.4) is 0 Å². The molecule has 17 heavy (non-hydrogen) atoms. The van der Waals surface area contributed by atoms with Gasteiger partial charge in [0.15, 0.2) is 0 Å². The monoisotopic (exact) mass is 267 g/mol. The Hall–Kier alpha value is -0.909. The Morgan fingerprint density at radius 2 is 1.29 bits per heavy atom. The number of hydrogen-bond acceptors (Lipinski definition) is 0. The highest BCUT2D eigenvalue weighted by Crippen LogP contribution is 1.92. The van der Waals surface area contributed by atoms with Crippen molar-refractivity contribution in [3.63, 3.8) is 0 Å². The Kier molecular flexibility index (Phi) is 4.97. The second-order valence-electron chi connectivity index (χ2n) is 3.76. The molecule has 0 amide bonds. The fraction of sp³-hybridized carbons (Fsp3) is 0.143. The molecule has 0 aromatic heterocycles. The maximum Gasteiger partial charge on any atom is 0.103 e. The smallest absolute Gasteiger partial charge is 0.0684 e. The molecule has 0 nitrogen and oxygen atoms in total. The molecule has 2 aromatic rings. The molecule has 2 rings (SSSR count). The van der Waals surface area contributed by atoms with E-state index in [-0.39, 0.29) is 0 Å². The molecule has 0 aliphatic heterocycles. The Bertz CT molecular complexity index is 388. The quantitative estimate of drug-likeness (QED) is 0.721. The topological polar surface area (TPSA) is 0 Å². The zero-order valence-electron chi connectivity index (χ0n) is 9.98. The average Bonchev–Trinajstić information content (AvgIpc) is 2.42. The molecule has 5 radical (unpaired) electrons. The van der Waals surface area contributed by atoms with Crippen molar-refractivity contribution < 1.29 is 0 Å². The van der Waals surface area contributed by atoms with Crippen LogP contribution in [0.15, 0.2) is 60.7 Å². The molecule has 0 unspecified atom stereocenters. The molecule has 2 aromatic carbocycles. The summed E-state index contributed by atoms with van der Waals surface area (Å²) in [5, 5.41) is 3.12. The molecule has 0 aliphatic carbocycles. The third kappa shape index (κ3) is 3.52. The van der Waals surface area contributed by atoms with Crippen LogP contribution in [0, 0.1) is 0 Å². The third-order valence-corrected chi connectivity index (χ3v) is 13.0. The predicted molar refractivity (Wildman–Crippen MR) is 79.9 cm³/mol. The van der Waals surface area contributed by atoms with Gasteiger partial charge in [-0.15, -0.1) is 0 Å². The fourth-order valence-electron chi connectivity index (χ4n) is 1.70. The summed E-state index contributed by atoms with van der Waals surface area (Å²) >= 11 is 0. The van der Waals surface area contributed by atoms with Crippen molar-refractivity contribution in [1.29, 1.82) is 0 Å². The first-order chi connectivity index (χ1) is 8.42. The van der Waals surface area contributed by atoms with E-state index in [9.17, 15) is 0 Å². The number of hydrogen-bond donors (Lipinski definition) is 0. The van der Waals surface area contributed by atoms with E-state index in [1.807, 2.05) is 0 Å². The largest absolute Gasteiger partial charge is 0.103 e. The van der Waals surface area contributed by atoms with Crippen LogP contribution in [0.5, 0.6) is 0 Å². The second kappa shape index (κ2) is 6.74. The van der Waals surface area contributed by atoms with Gasteiger partial charge in [-0.3, -0.25) is 0 Å². The normalized spacial score (nSPS) is 10.7. The van der Waals surface area contributed by atoms with Crippen LogP contribution in [0.25, 0.3) is 0 Å². The minimum Gasteiger partial charge on any atom is -0.0684 e. The van der Waals surface area contributed by atoms with E-state index in [1.165, 1.54) is 6.04 Å². The van der Waals surface area contributed by atoms with Gasteiger partial charge in [0.25, 0.3) is 0 Å². The highest BCUT2D eigenvalue weighted by Gasteiger charge is 2.15. The lowest BCUT2D eigenvalue weighted by atomic mass is 10.4. The zero-order valence-corrected chi connectivity index (χ0v) is 13.0. The van der Waals surface area contributed by atoms with Crippen molar-refractivity contribution in [2.24, 2.45) is 0 Å². The lowest BCUT2D eigenvalue weighted by molar-refractivity contribution is 1.47. The second-order valence-corrected chi connectivity index (χ2v) is 12.5. The molecule has 0 atom stereocenters.